The SMILES string of the molecule is COc1ccc(OC)c(C(=O)OCCCn2c(=O)[nH]c3ccccc32)c1. The molecule has 0 aliphatic carbocycles. The van der Waals surface area contributed by atoms with Gasteiger partial charge in [0.05, 0.1) is 31.9 Å². The summed E-state index contributed by atoms with van der Waals surface area (Å²) in [7, 11) is 3.01. The number of aromatic nitrogens is 2. The van der Waals surface area contributed by atoms with Gasteiger partial charge >= 0.3 is 11.7 Å². The minimum atomic E-state index is -0.493. The normalized spacial score (nSPS) is 10.7. The van der Waals surface area contributed by atoms with Crippen molar-refractivity contribution in [3.05, 3.63) is 58.5 Å². The van der Waals surface area contributed by atoms with Crippen LogP contribution in [0.2, 0.25) is 0 Å². The van der Waals surface area contributed by atoms with Gasteiger partial charge in [0.15, 0.2) is 0 Å². The van der Waals surface area contributed by atoms with E-state index in [4.69, 9.17) is 14.2 Å². The molecule has 3 rings (SSSR count). The number of aromatic amines is 1. The fraction of sp³-hybridized carbons (Fsp3) is 0.263. The molecule has 2 aromatic carbocycles. The van der Waals surface area contributed by atoms with Gasteiger partial charge in [-0.15, -0.1) is 0 Å². The van der Waals surface area contributed by atoms with Crippen molar-refractivity contribution in [3.8, 4) is 11.5 Å². The molecule has 0 aliphatic rings. The largest absolute Gasteiger partial charge is 0.497 e. The van der Waals surface area contributed by atoms with Gasteiger partial charge in [-0.2, -0.15) is 0 Å². The summed E-state index contributed by atoms with van der Waals surface area (Å²) in [6.45, 7) is 0.635. The molecule has 0 aliphatic heterocycles. The van der Waals surface area contributed by atoms with Crippen LogP contribution in [0.25, 0.3) is 11.0 Å². The van der Waals surface area contributed by atoms with E-state index >= 15 is 0 Å². The zero-order valence-electron chi connectivity index (χ0n) is 14.7. The summed E-state index contributed by atoms with van der Waals surface area (Å²) in [6.07, 6.45) is 0.514. The lowest BCUT2D eigenvalue weighted by Crippen LogP contribution is -2.18. The average Bonchev–Trinajstić information content (AvgIpc) is 2.99. The second-order valence-electron chi connectivity index (χ2n) is 5.65. The van der Waals surface area contributed by atoms with Gasteiger partial charge in [-0.25, -0.2) is 9.59 Å². The van der Waals surface area contributed by atoms with Gasteiger partial charge in [0.2, 0.25) is 0 Å². The Hall–Kier alpha value is -3.22. The molecule has 7 nitrogen and oxygen atoms in total. The molecule has 0 spiro atoms. The number of H-pyrrole nitrogens is 1. The number of carbonyl (C=O) groups is 1. The molecule has 1 heterocycles. The Morgan fingerprint density at radius 3 is 2.69 bits per heavy atom. The topological polar surface area (TPSA) is 82.6 Å². The van der Waals surface area contributed by atoms with Crippen LogP contribution in [0, 0.1) is 0 Å². The molecule has 26 heavy (non-hydrogen) atoms. The van der Waals surface area contributed by atoms with Crippen molar-refractivity contribution >= 4 is 17.0 Å². The average molecular weight is 356 g/mol. The van der Waals surface area contributed by atoms with E-state index in [-0.39, 0.29) is 12.3 Å². The first kappa shape index (κ1) is 17.6. The van der Waals surface area contributed by atoms with Crippen LogP contribution < -0.4 is 15.2 Å². The van der Waals surface area contributed by atoms with Gasteiger partial charge < -0.3 is 19.2 Å². The summed E-state index contributed by atoms with van der Waals surface area (Å²) >= 11 is 0. The number of methoxy groups -OCH3 is 2. The molecule has 0 amide bonds. The maximum Gasteiger partial charge on any atom is 0.342 e. The van der Waals surface area contributed by atoms with E-state index in [0.29, 0.717) is 30.0 Å². The third-order valence-electron chi connectivity index (χ3n) is 4.07. The zero-order valence-corrected chi connectivity index (χ0v) is 14.7. The number of rotatable bonds is 7. The van der Waals surface area contributed by atoms with E-state index in [9.17, 15) is 9.59 Å². The van der Waals surface area contributed by atoms with Crippen molar-refractivity contribution in [2.45, 2.75) is 13.0 Å². The minimum absolute atomic E-state index is 0.174. The van der Waals surface area contributed by atoms with Gasteiger partial charge in [-0.05, 0) is 36.8 Å². The van der Waals surface area contributed by atoms with Crippen molar-refractivity contribution < 1.29 is 19.0 Å². The van der Waals surface area contributed by atoms with Gasteiger partial charge in [-0.1, -0.05) is 12.1 Å². The van der Waals surface area contributed by atoms with Crippen LogP contribution >= 0.6 is 0 Å². The second-order valence-corrected chi connectivity index (χ2v) is 5.65. The summed E-state index contributed by atoms with van der Waals surface area (Å²) in [5.41, 5.74) is 1.75. The molecule has 1 aromatic heterocycles. The third-order valence-corrected chi connectivity index (χ3v) is 4.07. The molecule has 0 saturated carbocycles. The second kappa shape index (κ2) is 7.77. The lowest BCUT2D eigenvalue weighted by atomic mass is 10.2. The zero-order chi connectivity index (χ0) is 18.5. The molecule has 136 valence electrons. The number of esters is 1. The fourth-order valence-electron chi connectivity index (χ4n) is 2.77. The monoisotopic (exact) mass is 356 g/mol. The summed E-state index contributed by atoms with van der Waals surface area (Å²) in [5.74, 6) is 0.471. The van der Waals surface area contributed by atoms with Crippen molar-refractivity contribution in [2.24, 2.45) is 0 Å². The molecular weight excluding hydrogens is 336 g/mol. The number of hydrogen-bond acceptors (Lipinski definition) is 5. The summed E-state index contributed by atoms with van der Waals surface area (Å²) in [5, 5.41) is 0. The first-order chi connectivity index (χ1) is 12.6. The predicted molar refractivity (Wildman–Crippen MR) is 97.0 cm³/mol. The highest BCUT2D eigenvalue weighted by Gasteiger charge is 2.15. The molecule has 0 bridgehead atoms. The number of ether oxygens (including phenoxy) is 3. The van der Waals surface area contributed by atoms with Crippen LogP contribution in [0.1, 0.15) is 16.8 Å². The Labute approximate surface area is 150 Å². The number of carbonyl (C=O) groups excluding carboxylic acids is 1. The summed E-state index contributed by atoms with van der Waals surface area (Å²) < 4.78 is 17.3. The molecule has 0 atom stereocenters. The maximum atomic E-state index is 12.3. The lowest BCUT2D eigenvalue weighted by molar-refractivity contribution is 0.0492. The van der Waals surface area contributed by atoms with Crippen LogP contribution in [0.15, 0.2) is 47.3 Å². The molecule has 0 fully saturated rings. The van der Waals surface area contributed by atoms with Crippen LogP contribution in [-0.4, -0.2) is 36.3 Å². The van der Waals surface area contributed by atoms with Crippen molar-refractivity contribution in [1.29, 1.82) is 0 Å². The van der Waals surface area contributed by atoms with Crippen LogP contribution in [0.5, 0.6) is 11.5 Å². The Morgan fingerprint density at radius 1 is 1.12 bits per heavy atom. The first-order valence-electron chi connectivity index (χ1n) is 8.20. The molecule has 3 aromatic rings. The number of benzene rings is 2. The van der Waals surface area contributed by atoms with Crippen LogP contribution in [0.4, 0.5) is 0 Å². The smallest absolute Gasteiger partial charge is 0.342 e. The van der Waals surface area contributed by atoms with Crippen molar-refractivity contribution in [1.82, 2.24) is 9.55 Å². The standard InChI is InChI=1S/C19H20N2O5/c1-24-13-8-9-17(25-2)14(12-13)18(22)26-11-5-10-21-16-7-4-3-6-15(16)20-19(21)23/h3-4,6-9,12H,5,10-11H2,1-2H3,(H,20,23). The maximum absolute atomic E-state index is 12.3. The number of hydrogen-bond donors (Lipinski definition) is 1. The third kappa shape index (κ3) is 3.56. The Morgan fingerprint density at radius 2 is 1.92 bits per heavy atom. The van der Waals surface area contributed by atoms with Gasteiger partial charge in [0, 0.05) is 6.54 Å². The minimum Gasteiger partial charge on any atom is -0.497 e. The van der Waals surface area contributed by atoms with Crippen LogP contribution in [0.3, 0.4) is 0 Å². The highest BCUT2D eigenvalue weighted by molar-refractivity contribution is 5.93. The van der Waals surface area contributed by atoms with E-state index in [2.05, 4.69) is 4.98 Å². The van der Waals surface area contributed by atoms with E-state index in [0.717, 1.165) is 11.0 Å². The Bertz CT molecular complexity index is 973. The van der Waals surface area contributed by atoms with E-state index in [1.54, 1.807) is 22.8 Å². The lowest BCUT2D eigenvalue weighted by Gasteiger charge is -2.10. The summed E-state index contributed by atoms with van der Waals surface area (Å²) in [6, 6.07) is 12.4. The molecule has 0 saturated heterocycles. The molecule has 0 unspecified atom stereocenters. The number of nitrogens with one attached hydrogen (secondary N) is 1. The van der Waals surface area contributed by atoms with E-state index < -0.39 is 5.97 Å². The Balaban J connectivity index is 1.62. The predicted octanol–water partition coefficient (Wildman–Crippen LogP) is 2.59. The van der Waals surface area contributed by atoms with Crippen molar-refractivity contribution in [3.63, 3.8) is 0 Å². The first-order valence-corrected chi connectivity index (χ1v) is 8.20. The number of fused-ring (bicyclic) bond motifs is 1. The van der Waals surface area contributed by atoms with Gasteiger partial charge in [0.1, 0.15) is 17.1 Å². The molecule has 0 radical (unpaired) electrons. The quantitative estimate of drug-likeness (QED) is 0.520. The van der Waals surface area contributed by atoms with E-state index in [1.165, 1.54) is 14.2 Å². The van der Waals surface area contributed by atoms with Crippen molar-refractivity contribution in [2.75, 3.05) is 20.8 Å². The molecule has 1 N–H and O–H groups in total. The molecule has 7 heteroatoms. The number of nitrogens with zero attached hydrogens (tertiary/aromatic N) is 1. The fourth-order valence-corrected chi connectivity index (χ4v) is 2.77. The number of imidazole rings is 1. The molecular formula is C19H20N2O5. The number of para-hydroxylation sites is 2. The number of aryl methyl sites for hydroxylation is 1. The van der Waals surface area contributed by atoms with E-state index in [1.807, 2.05) is 24.3 Å². The highest BCUT2D eigenvalue weighted by atomic mass is 16.5. The Kier molecular flexibility index (Phi) is 5.26. The van der Waals surface area contributed by atoms with Gasteiger partial charge in [-0.3, -0.25) is 4.57 Å². The highest BCUT2D eigenvalue weighted by Crippen LogP contribution is 2.24. The van der Waals surface area contributed by atoms with Gasteiger partial charge in [0.25, 0.3) is 0 Å². The van der Waals surface area contributed by atoms with Crippen LogP contribution in [-0.2, 0) is 11.3 Å². The summed E-state index contributed by atoms with van der Waals surface area (Å²) in [4.78, 5) is 27.1.